The summed E-state index contributed by atoms with van der Waals surface area (Å²) in [6.07, 6.45) is 0. The van der Waals surface area contributed by atoms with Gasteiger partial charge < -0.3 is 10.6 Å². The third-order valence-electron chi connectivity index (χ3n) is 3.91. The van der Waals surface area contributed by atoms with E-state index in [9.17, 15) is 14.0 Å². The van der Waals surface area contributed by atoms with Crippen LogP contribution in [0.2, 0.25) is 10.0 Å². The molecule has 2 aromatic rings. The van der Waals surface area contributed by atoms with Crippen LogP contribution in [0.25, 0.3) is 0 Å². The van der Waals surface area contributed by atoms with Crippen molar-refractivity contribution >= 4 is 35.0 Å². The fourth-order valence-corrected chi connectivity index (χ4v) is 3.15. The van der Waals surface area contributed by atoms with Gasteiger partial charge in [-0.15, -0.1) is 0 Å². The number of carbonyl (C=O) groups is 2. The molecule has 2 amide bonds. The number of nitrogens with one attached hydrogen (secondary N) is 2. The summed E-state index contributed by atoms with van der Waals surface area (Å²) in [6.45, 7) is 1.59. The van der Waals surface area contributed by atoms with Crippen LogP contribution in [0.4, 0.5) is 9.18 Å². The molecule has 0 saturated carbocycles. The Morgan fingerprint density at radius 3 is 2.44 bits per heavy atom. The van der Waals surface area contributed by atoms with Gasteiger partial charge in [0.2, 0.25) is 0 Å². The van der Waals surface area contributed by atoms with Gasteiger partial charge in [-0.3, -0.25) is 4.79 Å². The highest BCUT2D eigenvalue weighted by atomic mass is 35.5. The number of hydrogen-bond donors (Lipinski definition) is 2. The third kappa shape index (κ3) is 3.38. The molecular weight excluding hydrogens is 366 g/mol. The van der Waals surface area contributed by atoms with Gasteiger partial charge in [-0.05, 0) is 43.3 Å². The van der Waals surface area contributed by atoms with Crippen LogP contribution in [0.3, 0.4) is 0 Å². The zero-order valence-corrected chi connectivity index (χ0v) is 14.6. The van der Waals surface area contributed by atoms with Crippen LogP contribution in [0.5, 0.6) is 0 Å². The molecular formula is C18H13Cl2FN2O2. The maximum absolute atomic E-state index is 14.4. The topological polar surface area (TPSA) is 58.2 Å². The maximum atomic E-state index is 14.4. The van der Waals surface area contributed by atoms with Gasteiger partial charge in [0.15, 0.2) is 5.78 Å². The van der Waals surface area contributed by atoms with Crippen molar-refractivity contribution in [3.05, 3.63) is 80.7 Å². The van der Waals surface area contributed by atoms with Crippen LogP contribution < -0.4 is 10.6 Å². The number of benzene rings is 2. The number of allylic oxidation sites excluding steroid dienone is 1. The van der Waals surface area contributed by atoms with E-state index >= 15 is 0 Å². The van der Waals surface area contributed by atoms with Crippen LogP contribution in [0.15, 0.2) is 53.7 Å². The first-order valence-electron chi connectivity index (χ1n) is 7.41. The highest BCUT2D eigenvalue weighted by molar-refractivity contribution is 6.31. The van der Waals surface area contributed by atoms with Crippen molar-refractivity contribution in [2.75, 3.05) is 0 Å². The molecule has 3 rings (SSSR count). The van der Waals surface area contributed by atoms with Gasteiger partial charge >= 0.3 is 6.03 Å². The number of ketones is 1. The van der Waals surface area contributed by atoms with Crippen LogP contribution in [0.1, 0.15) is 28.9 Å². The van der Waals surface area contributed by atoms with Crippen LogP contribution in [-0.4, -0.2) is 11.8 Å². The van der Waals surface area contributed by atoms with E-state index in [1.807, 2.05) is 0 Å². The lowest BCUT2D eigenvalue weighted by molar-refractivity contribution is 0.102. The molecule has 25 heavy (non-hydrogen) atoms. The van der Waals surface area contributed by atoms with Gasteiger partial charge in [0, 0.05) is 32.4 Å². The van der Waals surface area contributed by atoms with E-state index in [-0.39, 0.29) is 21.9 Å². The number of Topliss-reactive ketones (excluding diaryl/α,β-unsaturated/α-hetero) is 1. The molecule has 0 fully saturated rings. The number of halogens is 3. The molecule has 1 heterocycles. The van der Waals surface area contributed by atoms with Gasteiger partial charge in [-0.25, -0.2) is 9.18 Å². The Morgan fingerprint density at radius 2 is 1.80 bits per heavy atom. The smallest absolute Gasteiger partial charge is 0.319 e. The van der Waals surface area contributed by atoms with Crippen molar-refractivity contribution in [2.24, 2.45) is 0 Å². The summed E-state index contributed by atoms with van der Waals surface area (Å²) in [4.78, 5) is 24.9. The largest absolute Gasteiger partial charge is 0.327 e. The monoisotopic (exact) mass is 378 g/mol. The zero-order chi connectivity index (χ0) is 18.1. The molecule has 0 aliphatic carbocycles. The Morgan fingerprint density at radius 1 is 1.12 bits per heavy atom. The van der Waals surface area contributed by atoms with Crippen molar-refractivity contribution in [1.29, 1.82) is 0 Å². The number of urea groups is 1. The second-order valence-electron chi connectivity index (χ2n) is 5.54. The second kappa shape index (κ2) is 6.86. The SMILES string of the molecule is CC1=C(C(=O)c2ccc(Cl)cc2)[C@H](c2c(F)cccc2Cl)NC(=O)N1. The first-order valence-corrected chi connectivity index (χ1v) is 8.16. The molecule has 4 nitrogen and oxygen atoms in total. The first-order chi connectivity index (χ1) is 11.9. The Balaban J connectivity index is 2.13. The molecule has 0 bridgehead atoms. The minimum atomic E-state index is -0.995. The van der Waals surface area contributed by atoms with E-state index in [2.05, 4.69) is 10.6 Å². The molecule has 128 valence electrons. The summed E-state index contributed by atoms with van der Waals surface area (Å²) in [5, 5.41) is 5.74. The van der Waals surface area contributed by atoms with Gasteiger partial charge in [-0.1, -0.05) is 29.3 Å². The van der Waals surface area contributed by atoms with E-state index in [0.717, 1.165) is 0 Å². The van der Waals surface area contributed by atoms with E-state index in [4.69, 9.17) is 23.2 Å². The van der Waals surface area contributed by atoms with Gasteiger partial charge in [0.25, 0.3) is 0 Å². The third-order valence-corrected chi connectivity index (χ3v) is 4.49. The van der Waals surface area contributed by atoms with Gasteiger partial charge in [0.05, 0.1) is 6.04 Å². The lowest BCUT2D eigenvalue weighted by Gasteiger charge is -2.29. The molecule has 0 saturated heterocycles. The summed E-state index contributed by atoms with van der Waals surface area (Å²) >= 11 is 12.0. The molecule has 1 aliphatic heterocycles. The minimum absolute atomic E-state index is 0.0516. The van der Waals surface area contributed by atoms with Gasteiger partial charge in [-0.2, -0.15) is 0 Å². The number of hydrogen-bond acceptors (Lipinski definition) is 2. The lowest BCUT2D eigenvalue weighted by atomic mass is 9.89. The van der Waals surface area contributed by atoms with E-state index in [0.29, 0.717) is 16.3 Å². The molecule has 0 spiro atoms. The first kappa shape index (κ1) is 17.5. The van der Waals surface area contributed by atoms with E-state index in [1.165, 1.54) is 18.2 Å². The highest BCUT2D eigenvalue weighted by Gasteiger charge is 2.34. The van der Waals surface area contributed by atoms with Gasteiger partial charge in [0.1, 0.15) is 5.82 Å². The van der Waals surface area contributed by atoms with Crippen molar-refractivity contribution in [2.45, 2.75) is 13.0 Å². The second-order valence-corrected chi connectivity index (χ2v) is 6.39. The predicted octanol–water partition coefficient (Wildman–Crippen LogP) is 4.64. The number of amides is 2. The normalized spacial score (nSPS) is 17.1. The molecule has 1 atom stereocenters. The standard InChI is InChI=1S/C18H13Cl2FN2O2/c1-9-14(17(24)10-5-7-11(19)8-6-10)16(23-18(25)22-9)15-12(20)3-2-4-13(15)21/h2-8,16H,1H3,(H2,22,23,25)/t16-/m1/s1. The molecule has 0 radical (unpaired) electrons. The fraction of sp³-hybridized carbons (Fsp3) is 0.111. The summed E-state index contributed by atoms with van der Waals surface area (Å²) < 4.78 is 14.4. The van der Waals surface area contributed by atoms with E-state index < -0.39 is 17.9 Å². The van der Waals surface area contributed by atoms with Crippen LogP contribution in [0, 0.1) is 5.82 Å². The zero-order valence-electron chi connectivity index (χ0n) is 13.1. The molecule has 2 aromatic carbocycles. The summed E-state index contributed by atoms with van der Waals surface area (Å²) in [5.41, 5.74) is 0.979. The Labute approximate surface area is 153 Å². The van der Waals surface area contributed by atoms with Crippen molar-refractivity contribution < 1.29 is 14.0 Å². The summed E-state index contributed by atoms with van der Waals surface area (Å²) in [7, 11) is 0. The summed E-state index contributed by atoms with van der Waals surface area (Å²) in [6, 6.07) is 8.99. The van der Waals surface area contributed by atoms with Crippen molar-refractivity contribution in [3.63, 3.8) is 0 Å². The minimum Gasteiger partial charge on any atom is -0.327 e. The number of carbonyl (C=O) groups excluding carboxylic acids is 2. The Kier molecular flexibility index (Phi) is 4.79. The molecule has 0 aromatic heterocycles. The molecule has 2 N–H and O–H groups in total. The highest BCUT2D eigenvalue weighted by Crippen LogP contribution is 2.35. The number of rotatable bonds is 3. The maximum Gasteiger partial charge on any atom is 0.319 e. The fourth-order valence-electron chi connectivity index (χ4n) is 2.75. The molecule has 1 aliphatic rings. The van der Waals surface area contributed by atoms with Crippen LogP contribution >= 0.6 is 23.2 Å². The molecule has 7 heteroatoms. The molecule has 0 unspecified atom stereocenters. The van der Waals surface area contributed by atoms with E-state index in [1.54, 1.807) is 31.2 Å². The van der Waals surface area contributed by atoms with Crippen molar-refractivity contribution in [1.82, 2.24) is 10.6 Å². The van der Waals surface area contributed by atoms with Crippen molar-refractivity contribution in [3.8, 4) is 0 Å². The summed E-state index contributed by atoms with van der Waals surface area (Å²) in [5.74, 6) is -0.958. The Bertz CT molecular complexity index is 874. The quantitative estimate of drug-likeness (QED) is 0.764. The Hall–Kier alpha value is -2.37. The average Bonchev–Trinajstić information content (AvgIpc) is 2.54. The average molecular weight is 379 g/mol. The predicted molar refractivity (Wildman–Crippen MR) is 94.3 cm³/mol. The van der Waals surface area contributed by atoms with Crippen LogP contribution in [-0.2, 0) is 0 Å². The lowest BCUT2D eigenvalue weighted by Crippen LogP contribution is -2.45.